The molecule has 0 radical (unpaired) electrons. The molecule has 136 valence electrons. The largest absolute Gasteiger partial charge is 0.497 e. The Morgan fingerprint density at radius 2 is 2.12 bits per heavy atom. The van der Waals surface area contributed by atoms with Crippen LogP contribution in [0.15, 0.2) is 34.3 Å². The Morgan fingerprint density at radius 3 is 2.80 bits per heavy atom. The van der Waals surface area contributed by atoms with Crippen molar-refractivity contribution >= 4 is 27.8 Å². The molecule has 25 heavy (non-hydrogen) atoms. The lowest BCUT2D eigenvalue weighted by atomic mass is 9.97. The summed E-state index contributed by atoms with van der Waals surface area (Å²) in [5, 5.41) is 2.83. The Labute approximate surface area is 156 Å². The number of halogens is 1. The average Bonchev–Trinajstić information content (AvgIpc) is 2.62. The number of carbonyl (C=O) groups is 2. The van der Waals surface area contributed by atoms with Crippen LogP contribution in [0.5, 0.6) is 5.75 Å². The highest BCUT2D eigenvalue weighted by molar-refractivity contribution is 9.10. The van der Waals surface area contributed by atoms with Gasteiger partial charge < -0.3 is 14.8 Å². The highest BCUT2D eigenvalue weighted by Crippen LogP contribution is 2.23. The van der Waals surface area contributed by atoms with E-state index in [0.717, 1.165) is 19.3 Å². The molecule has 1 aromatic rings. The second kappa shape index (κ2) is 9.61. The molecular weight excluding hydrogens is 386 g/mol. The van der Waals surface area contributed by atoms with Crippen LogP contribution in [0.2, 0.25) is 0 Å². The maximum absolute atomic E-state index is 12.3. The van der Waals surface area contributed by atoms with E-state index in [-0.39, 0.29) is 5.91 Å². The van der Waals surface area contributed by atoms with Crippen LogP contribution in [-0.2, 0) is 9.53 Å². The van der Waals surface area contributed by atoms with E-state index in [9.17, 15) is 9.59 Å². The van der Waals surface area contributed by atoms with E-state index in [4.69, 9.17) is 9.47 Å². The number of nitrogens with one attached hydrogen (secondary N) is 1. The summed E-state index contributed by atoms with van der Waals surface area (Å²) >= 11 is 3.31. The minimum atomic E-state index is -0.856. The molecule has 1 aliphatic rings. The molecule has 1 N–H and O–H groups in total. The number of carbonyl (C=O) groups excluding carboxylic acids is 2. The minimum absolute atomic E-state index is 0.288. The summed E-state index contributed by atoms with van der Waals surface area (Å²) in [4.78, 5) is 24.4. The van der Waals surface area contributed by atoms with Crippen LogP contribution >= 0.6 is 15.9 Å². The predicted octanol–water partition coefficient (Wildman–Crippen LogP) is 4.01. The molecule has 0 heterocycles. The standard InChI is InChI=1S/C19H24BrNO4/c1-13(18(22)21-11-10-14-6-4-3-5-7-14)25-19(23)16-12-15(24-2)8-9-17(16)20/h6,8-9,12-13H,3-5,7,10-11H2,1-2H3,(H,21,22)/t13-/m1/s1. The minimum Gasteiger partial charge on any atom is -0.497 e. The first-order valence-corrected chi connectivity index (χ1v) is 9.30. The van der Waals surface area contributed by atoms with Crippen molar-refractivity contribution in [1.82, 2.24) is 5.32 Å². The summed E-state index contributed by atoms with van der Waals surface area (Å²) in [6, 6.07) is 5.02. The van der Waals surface area contributed by atoms with Crippen molar-refractivity contribution in [2.45, 2.75) is 45.1 Å². The predicted molar refractivity (Wildman–Crippen MR) is 99.7 cm³/mol. The first-order chi connectivity index (χ1) is 12.0. The Bertz CT molecular complexity index is 657. The highest BCUT2D eigenvalue weighted by Gasteiger charge is 2.20. The molecule has 2 rings (SSSR count). The van der Waals surface area contributed by atoms with Crippen LogP contribution in [-0.4, -0.2) is 31.6 Å². The zero-order chi connectivity index (χ0) is 18.2. The van der Waals surface area contributed by atoms with Crippen molar-refractivity contribution < 1.29 is 19.1 Å². The molecule has 1 amide bonds. The summed E-state index contributed by atoms with van der Waals surface area (Å²) in [5.41, 5.74) is 1.72. The van der Waals surface area contributed by atoms with Gasteiger partial charge in [-0.3, -0.25) is 4.79 Å². The number of hydrogen-bond donors (Lipinski definition) is 1. The van der Waals surface area contributed by atoms with Crippen LogP contribution in [0, 0.1) is 0 Å². The van der Waals surface area contributed by atoms with Crippen molar-refractivity contribution in [2.24, 2.45) is 0 Å². The molecular formula is C19H24BrNO4. The molecule has 0 saturated carbocycles. The van der Waals surface area contributed by atoms with Crippen molar-refractivity contribution in [3.05, 3.63) is 39.9 Å². The summed E-state index contributed by atoms with van der Waals surface area (Å²) in [6.45, 7) is 2.14. The van der Waals surface area contributed by atoms with Gasteiger partial charge >= 0.3 is 5.97 Å². The smallest absolute Gasteiger partial charge is 0.340 e. The van der Waals surface area contributed by atoms with Crippen LogP contribution in [0.25, 0.3) is 0 Å². The first-order valence-electron chi connectivity index (χ1n) is 8.51. The highest BCUT2D eigenvalue weighted by atomic mass is 79.9. The Kier molecular flexibility index (Phi) is 7.50. The van der Waals surface area contributed by atoms with Crippen molar-refractivity contribution in [3.63, 3.8) is 0 Å². The van der Waals surface area contributed by atoms with Crippen LogP contribution in [0.4, 0.5) is 0 Å². The van der Waals surface area contributed by atoms with Gasteiger partial charge in [0.1, 0.15) is 5.75 Å². The third kappa shape index (κ3) is 5.88. The van der Waals surface area contributed by atoms with Gasteiger partial charge in [-0.05, 0) is 73.2 Å². The Morgan fingerprint density at radius 1 is 1.32 bits per heavy atom. The quantitative estimate of drug-likeness (QED) is 0.545. The van der Waals surface area contributed by atoms with E-state index < -0.39 is 12.1 Å². The van der Waals surface area contributed by atoms with Gasteiger partial charge in [-0.15, -0.1) is 0 Å². The Hall–Kier alpha value is -1.82. The molecule has 0 saturated heterocycles. The summed E-state index contributed by atoms with van der Waals surface area (Å²) in [5.74, 6) is -0.305. The lowest BCUT2D eigenvalue weighted by molar-refractivity contribution is -0.129. The molecule has 5 nitrogen and oxygen atoms in total. The number of ether oxygens (including phenoxy) is 2. The third-order valence-corrected chi connectivity index (χ3v) is 4.87. The first kappa shape index (κ1) is 19.5. The lowest BCUT2D eigenvalue weighted by Crippen LogP contribution is -2.36. The van der Waals surface area contributed by atoms with Gasteiger partial charge in [0, 0.05) is 11.0 Å². The number of esters is 1. The van der Waals surface area contributed by atoms with E-state index in [1.807, 2.05) is 0 Å². The zero-order valence-corrected chi connectivity index (χ0v) is 16.2. The van der Waals surface area contributed by atoms with Gasteiger partial charge in [-0.1, -0.05) is 11.6 Å². The van der Waals surface area contributed by atoms with Crippen molar-refractivity contribution in [3.8, 4) is 5.75 Å². The van der Waals surface area contributed by atoms with Crippen LogP contribution in [0.3, 0.4) is 0 Å². The molecule has 1 atom stereocenters. The fraction of sp³-hybridized carbons (Fsp3) is 0.474. The average molecular weight is 410 g/mol. The second-order valence-electron chi connectivity index (χ2n) is 6.04. The summed E-state index contributed by atoms with van der Waals surface area (Å²) in [7, 11) is 1.52. The summed E-state index contributed by atoms with van der Waals surface area (Å²) < 4.78 is 11.0. The molecule has 0 fully saturated rings. The number of hydrogen-bond acceptors (Lipinski definition) is 4. The van der Waals surface area contributed by atoms with E-state index in [1.165, 1.54) is 25.5 Å². The fourth-order valence-electron chi connectivity index (χ4n) is 2.69. The van der Waals surface area contributed by atoms with Crippen molar-refractivity contribution in [2.75, 3.05) is 13.7 Å². The molecule has 0 aliphatic heterocycles. The molecule has 1 aliphatic carbocycles. The normalized spacial score (nSPS) is 15.1. The Balaban J connectivity index is 1.83. The maximum Gasteiger partial charge on any atom is 0.340 e. The number of rotatable bonds is 7. The van der Waals surface area contributed by atoms with Gasteiger partial charge in [-0.2, -0.15) is 0 Å². The molecule has 6 heteroatoms. The summed E-state index contributed by atoms with van der Waals surface area (Å²) in [6.07, 6.45) is 6.99. The fourth-order valence-corrected chi connectivity index (χ4v) is 3.10. The van der Waals surface area contributed by atoms with Gasteiger partial charge in [0.2, 0.25) is 0 Å². The molecule has 0 bridgehead atoms. The third-order valence-electron chi connectivity index (χ3n) is 4.18. The molecule has 0 aromatic heterocycles. The van der Waals surface area contributed by atoms with Crippen molar-refractivity contribution in [1.29, 1.82) is 0 Å². The maximum atomic E-state index is 12.3. The molecule has 0 unspecified atom stereocenters. The number of methoxy groups -OCH3 is 1. The number of benzene rings is 1. The van der Waals surface area contributed by atoms with Crippen LogP contribution in [0.1, 0.15) is 49.4 Å². The molecule has 0 spiro atoms. The second-order valence-corrected chi connectivity index (χ2v) is 6.90. The van der Waals surface area contributed by atoms with E-state index in [0.29, 0.717) is 22.3 Å². The topological polar surface area (TPSA) is 64.6 Å². The van der Waals surface area contributed by atoms with Gasteiger partial charge in [0.25, 0.3) is 5.91 Å². The van der Waals surface area contributed by atoms with Gasteiger partial charge in [0.15, 0.2) is 6.10 Å². The van der Waals surface area contributed by atoms with E-state index >= 15 is 0 Å². The zero-order valence-electron chi connectivity index (χ0n) is 14.6. The lowest BCUT2D eigenvalue weighted by Gasteiger charge is -2.16. The van der Waals surface area contributed by atoms with E-state index in [1.54, 1.807) is 25.1 Å². The van der Waals surface area contributed by atoms with E-state index in [2.05, 4.69) is 27.3 Å². The van der Waals surface area contributed by atoms with Gasteiger partial charge in [-0.25, -0.2) is 4.79 Å². The van der Waals surface area contributed by atoms with Crippen LogP contribution < -0.4 is 10.1 Å². The number of allylic oxidation sites excluding steroid dienone is 1. The van der Waals surface area contributed by atoms with Gasteiger partial charge in [0.05, 0.1) is 12.7 Å². The monoisotopic (exact) mass is 409 g/mol. The molecule has 1 aromatic carbocycles. The SMILES string of the molecule is COc1ccc(Br)c(C(=O)O[C@H](C)C(=O)NCCC2=CCCCC2)c1. The number of amides is 1.